The van der Waals surface area contributed by atoms with Gasteiger partial charge in [0.15, 0.2) is 0 Å². The zero-order valence-corrected chi connectivity index (χ0v) is 16.1. The zero-order chi connectivity index (χ0) is 18.5. The van der Waals surface area contributed by atoms with Gasteiger partial charge in [-0.25, -0.2) is 0 Å². The lowest BCUT2D eigenvalue weighted by Crippen LogP contribution is -2.36. The summed E-state index contributed by atoms with van der Waals surface area (Å²) in [5, 5.41) is 11.5. The minimum absolute atomic E-state index is 0.0109. The number of rotatable bonds is 7. The van der Waals surface area contributed by atoms with Gasteiger partial charge in [0.25, 0.3) is 0 Å². The molecule has 3 aromatic rings. The third kappa shape index (κ3) is 4.61. The third-order valence-electron chi connectivity index (χ3n) is 4.22. The molecule has 0 aliphatic rings. The number of aromatic nitrogens is 1. The van der Waals surface area contributed by atoms with Crippen molar-refractivity contribution in [1.82, 2.24) is 9.88 Å². The topological polar surface area (TPSA) is 53.4 Å². The number of aliphatic hydroxyl groups is 1. The van der Waals surface area contributed by atoms with Crippen molar-refractivity contribution < 1.29 is 9.90 Å². The number of carbonyl (C=O) groups is 1. The summed E-state index contributed by atoms with van der Waals surface area (Å²) in [6, 6.07) is 11.5. The van der Waals surface area contributed by atoms with Gasteiger partial charge in [0.05, 0.1) is 23.4 Å². The van der Waals surface area contributed by atoms with Gasteiger partial charge in [-0.3, -0.25) is 9.78 Å². The van der Waals surface area contributed by atoms with Crippen LogP contribution in [0.3, 0.4) is 0 Å². The number of amides is 1. The van der Waals surface area contributed by atoms with Crippen molar-refractivity contribution in [1.29, 1.82) is 0 Å². The van der Waals surface area contributed by atoms with Crippen molar-refractivity contribution in [2.45, 2.75) is 25.9 Å². The molecular weight excluding hydrogens is 368 g/mol. The second-order valence-corrected chi connectivity index (χ2v) is 7.96. The summed E-state index contributed by atoms with van der Waals surface area (Å²) in [6.45, 7) is 2.91. The van der Waals surface area contributed by atoms with Crippen LogP contribution in [-0.4, -0.2) is 34.0 Å². The lowest BCUT2D eigenvalue weighted by atomic mass is 10.1. The fourth-order valence-corrected chi connectivity index (χ4v) is 4.13. The summed E-state index contributed by atoms with van der Waals surface area (Å²) in [5.74, 6) is 0.0109. The summed E-state index contributed by atoms with van der Waals surface area (Å²) < 4.78 is 1.83. The molecule has 0 spiro atoms. The molecule has 0 aliphatic carbocycles. The maximum absolute atomic E-state index is 12.8. The molecule has 0 saturated carbocycles. The number of hydrogen-bond acceptors (Lipinski definition) is 4. The van der Waals surface area contributed by atoms with Gasteiger partial charge in [0.2, 0.25) is 5.91 Å². The fourth-order valence-electron chi connectivity index (χ4n) is 2.91. The summed E-state index contributed by atoms with van der Waals surface area (Å²) in [7, 11) is 0. The predicted molar refractivity (Wildman–Crippen MR) is 107 cm³/mol. The van der Waals surface area contributed by atoms with Crippen molar-refractivity contribution >= 4 is 38.9 Å². The number of aliphatic hydroxyl groups excluding tert-OH is 1. The Morgan fingerprint density at radius 2 is 2.19 bits per heavy atom. The van der Waals surface area contributed by atoms with E-state index in [1.54, 1.807) is 23.4 Å². The highest BCUT2D eigenvalue weighted by Crippen LogP contribution is 2.30. The Kier molecular flexibility index (Phi) is 6.25. The SMILES string of the molecule is CCCN(CC(O)c1cccnc1)C(=O)Cc1ccc2cc(Cl)sc2c1. The number of halogens is 1. The molecule has 4 nitrogen and oxygen atoms in total. The van der Waals surface area contributed by atoms with Gasteiger partial charge in [0, 0.05) is 29.2 Å². The molecule has 0 bridgehead atoms. The van der Waals surface area contributed by atoms with Gasteiger partial charge in [0.1, 0.15) is 0 Å². The Morgan fingerprint density at radius 3 is 2.92 bits per heavy atom. The summed E-state index contributed by atoms with van der Waals surface area (Å²) in [6.07, 6.45) is 3.71. The van der Waals surface area contributed by atoms with Crippen LogP contribution >= 0.6 is 22.9 Å². The quantitative estimate of drug-likeness (QED) is 0.649. The van der Waals surface area contributed by atoms with Gasteiger partial charge >= 0.3 is 0 Å². The number of thiophene rings is 1. The molecule has 136 valence electrons. The maximum Gasteiger partial charge on any atom is 0.227 e. The minimum atomic E-state index is -0.738. The monoisotopic (exact) mass is 388 g/mol. The van der Waals surface area contributed by atoms with Crippen LogP contribution in [0.5, 0.6) is 0 Å². The first-order chi connectivity index (χ1) is 12.6. The van der Waals surface area contributed by atoms with E-state index >= 15 is 0 Å². The van der Waals surface area contributed by atoms with Crippen LogP contribution in [0.4, 0.5) is 0 Å². The molecule has 1 amide bonds. The fraction of sp³-hybridized carbons (Fsp3) is 0.300. The van der Waals surface area contributed by atoms with E-state index in [2.05, 4.69) is 4.98 Å². The van der Waals surface area contributed by atoms with E-state index in [1.807, 2.05) is 37.3 Å². The van der Waals surface area contributed by atoms with E-state index < -0.39 is 6.10 Å². The predicted octanol–water partition coefficient (Wildman–Crippen LogP) is 4.46. The Morgan fingerprint density at radius 1 is 1.35 bits per heavy atom. The normalized spacial score (nSPS) is 12.3. The molecule has 1 N–H and O–H groups in total. The highest BCUT2D eigenvalue weighted by molar-refractivity contribution is 7.22. The van der Waals surface area contributed by atoms with Crippen LogP contribution in [0.2, 0.25) is 4.34 Å². The first kappa shape index (κ1) is 18.8. The average molecular weight is 389 g/mol. The summed E-state index contributed by atoms with van der Waals surface area (Å²) in [4.78, 5) is 18.5. The van der Waals surface area contributed by atoms with E-state index in [-0.39, 0.29) is 12.5 Å². The Labute approximate surface area is 162 Å². The molecule has 2 heterocycles. The van der Waals surface area contributed by atoms with Crippen LogP contribution in [0.1, 0.15) is 30.6 Å². The highest BCUT2D eigenvalue weighted by atomic mass is 35.5. The van der Waals surface area contributed by atoms with E-state index in [0.717, 1.165) is 32.0 Å². The molecule has 0 fully saturated rings. The van der Waals surface area contributed by atoms with E-state index in [4.69, 9.17) is 11.6 Å². The standard InChI is InChI=1S/C20H21ClN2O2S/c1-2-8-23(13-17(24)16-4-3-7-22-12-16)20(25)10-14-5-6-15-11-19(21)26-18(15)9-14/h3-7,9,11-12,17,24H,2,8,10,13H2,1H3. The molecule has 1 aromatic carbocycles. The lowest BCUT2D eigenvalue weighted by Gasteiger charge is -2.25. The van der Waals surface area contributed by atoms with Crippen LogP contribution < -0.4 is 0 Å². The number of hydrogen-bond donors (Lipinski definition) is 1. The first-order valence-corrected chi connectivity index (χ1v) is 9.80. The highest BCUT2D eigenvalue weighted by Gasteiger charge is 2.19. The Hall–Kier alpha value is -1.95. The van der Waals surface area contributed by atoms with Crippen molar-refractivity contribution in [3.05, 3.63) is 64.3 Å². The van der Waals surface area contributed by atoms with Crippen molar-refractivity contribution in [3.8, 4) is 0 Å². The smallest absolute Gasteiger partial charge is 0.227 e. The summed E-state index contributed by atoms with van der Waals surface area (Å²) in [5.41, 5.74) is 1.68. The van der Waals surface area contributed by atoms with Gasteiger partial charge in [-0.15, -0.1) is 11.3 Å². The largest absolute Gasteiger partial charge is 0.386 e. The van der Waals surface area contributed by atoms with Crippen molar-refractivity contribution in [2.24, 2.45) is 0 Å². The molecule has 6 heteroatoms. The molecule has 0 radical (unpaired) electrons. The summed E-state index contributed by atoms with van der Waals surface area (Å²) >= 11 is 7.57. The van der Waals surface area contributed by atoms with E-state index in [1.165, 1.54) is 11.3 Å². The second kappa shape index (κ2) is 8.62. The van der Waals surface area contributed by atoms with E-state index in [9.17, 15) is 9.90 Å². The van der Waals surface area contributed by atoms with Gasteiger partial charge < -0.3 is 10.0 Å². The molecular formula is C20H21ClN2O2S. The number of benzene rings is 1. The van der Waals surface area contributed by atoms with E-state index in [0.29, 0.717) is 13.0 Å². The number of nitrogens with zero attached hydrogens (tertiary/aromatic N) is 2. The molecule has 1 unspecified atom stereocenters. The van der Waals surface area contributed by atoms with Crippen LogP contribution in [0.25, 0.3) is 10.1 Å². The second-order valence-electron chi connectivity index (χ2n) is 6.24. The third-order valence-corrected chi connectivity index (χ3v) is 5.45. The minimum Gasteiger partial charge on any atom is -0.386 e. The zero-order valence-electron chi connectivity index (χ0n) is 14.6. The van der Waals surface area contributed by atoms with Gasteiger partial charge in [-0.2, -0.15) is 0 Å². The van der Waals surface area contributed by atoms with Crippen molar-refractivity contribution in [3.63, 3.8) is 0 Å². The Bertz CT molecular complexity index is 882. The van der Waals surface area contributed by atoms with Crippen LogP contribution in [-0.2, 0) is 11.2 Å². The van der Waals surface area contributed by atoms with Gasteiger partial charge in [-0.1, -0.05) is 36.7 Å². The molecule has 1 atom stereocenters. The molecule has 26 heavy (non-hydrogen) atoms. The average Bonchev–Trinajstić information content (AvgIpc) is 3.01. The number of carbonyl (C=O) groups excluding carboxylic acids is 1. The molecule has 2 aromatic heterocycles. The molecule has 3 rings (SSSR count). The maximum atomic E-state index is 12.8. The van der Waals surface area contributed by atoms with Crippen LogP contribution in [0.15, 0.2) is 48.8 Å². The number of pyridine rings is 1. The van der Waals surface area contributed by atoms with Gasteiger partial charge in [-0.05, 0) is 35.6 Å². The lowest BCUT2D eigenvalue weighted by molar-refractivity contribution is -0.132. The first-order valence-electron chi connectivity index (χ1n) is 8.60. The molecule has 0 aliphatic heterocycles. The number of fused-ring (bicyclic) bond motifs is 1. The van der Waals surface area contributed by atoms with Crippen molar-refractivity contribution in [2.75, 3.05) is 13.1 Å². The Balaban J connectivity index is 1.70. The molecule has 0 saturated heterocycles. The van der Waals surface area contributed by atoms with Crippen LogP contribution in [0, 0.1) is 0 Å².